The van der Waals surface area contributed by atoms with Crippen LogP contribution in [0.15, 0.2) is 21.6 Å². The van der Waals surface area contributed by atoms with Gasteiger partial charge in [0, 0.05) is 0 Å². The van der Waals surface area contributed by atoms with Gasteiger partial charge in [-0.05, 0) is 0 Å². The fourth-order valence-electron chi connectivity index (χ4n) is 1.08. The van der Waals surface area contributed by atoms with Crippen molar-refractivity contribution >= 4 is 0 Å². The minimum Gasteiger partial charge on any atom is -1.00 e. The van der Waals surface area contributed by atoms with Gasteiger partial charge in [-0.1, -0.05) is 0 Å². The topological polar surface area (TPSA) is 0 Å². The average Bonchev–Trinajstić information content (AvgIpc) is 2.15. The first-order valence-electron chi connectivity index (χ1n) is 3.36. The normalized spacial score (nSPS) is 21.3. The van der Waals surface area contributed by atoms with E-state index in [1.54, 1.807) is 3.88 Å². The SMILES string of the molecule is CCC1C=CC(C)=[C]1[Ti+2].[Cl-].[Cl-]. The predicted octanol–water partition coefficient (Wildman–Crippen LogP) is -3.59. The van der Waals surface area contributed by atoms with Crippen LogP contribution >= 0.6 is 0 Å². The molecule has 0 aromatic carbocycles. The Morgan fingerprint density at radius 2 is 2.00 bits per heavy atom. The summed E-state index contributed by atoms with van der Waals surface area (Å²) in [6.45, 7) is 4.42. The smallest absolute Gasteiger partial charge is 1.00 e. The fraction of sp³-hybridized carbons (Fsp3) is 0.500. The number of rotatable bonds is 1. The minimum absolute atomic E-state index is 0. The van der Waals surface area contributed by atoms with E-state index in [0.29, 0.717) is 0 Å². The van der Waals surface area contributed by atoms with Crippen LogP contribution in [0.2, 0.25) is 0 Å². The van der Waals surface area contributed by atoms with Crippen LogP contribution in [-0.4, -0.2) is 0 Å². The van der Waals surface area contributed by atoms with Crippen LogP contribution in [0.5, 0.6) is 0 Å². The van der Waals surface area contributed by atoms with Crippen molar-refractivity contribution in [3.05, 3.63) is 21.6 Å². The summed E-state index contributed by atoms with van der Waals surface area (Å²) in [5.74, 6) is 0.741. The first kappa shape index (κ1) is 14.3. The molecule has 0 heterocycles. The summed E-state index contributed by atoms with van der Waals surface area (Å²) in [4.78, 5) is 0. The van der Waals surface area contributed by atoms with E-state index < -0.39 is 0 Å². The van der Waals surface area contributed by atoms with Gasteiger partial charge in [-0.2, -0.15) is 0 Å². The Morgan fingerprint density at radius 3 is 2.18 bits per heavy atom. The van der Waals surface area contributed by atoms with Crippen molar-refractivity contribution in [3.63, 3.8) is 0 Å². The van der Waals surface area contributed by atoms with Crippen molar-refractivity contribution < 1.29 is 45.2 Å². The van der Waals surface area contributed by atoms with Crippen molar-refractivity contribution in [2.75, 3.05) is 0 Å². The zero-order valence-corrected chi connectivity index (χ0v) is 9.77. The van der Waals surface area contributed by atoms with E-state index in [4.69, 9.17) is 0 Å². The third kappa shape index (κ3) is 3.33. The van der Waals surface area contributed by atoms with Crippen molar-refractivity contribution in [3.8, 4) is 0 Å². The second-order valence-electron chi connectivity index (χ2n) is 2.47. The van der Waals surface area contributed by atoms with Crippen LogP contribution in [0, 0.1) is 5.92 Å². The molecule has 0 N–H and O–H groups in total. The fourth-order valence-corrected chi connectivity index (χ4v) is 1.68. The van der Waals surface area contributed by atoms with Gasteiger partial charge in [0.25, 0.3) is 0 Å². The molecule has 1 rings (SSSR count). The second kappa shape index (κ2) is 6.31. The summed E-state index contributed by atoms with van der Waals surface area (Å²) in [7, 11) is 0. The summed E-state index contributed by atoms with van der Waals surface area (Å²) in [6, 6.07) is 0. The Bertz CT molecular complexity index is 173. The maximum atomic E-state index is 2.30. The molecule has 0 fully saturated rings. The molecule has 1 aliphatic rings. The van der Waals surface area contributed by atoms with E-state index in [2.05, 4.69) is 46.4 Å². The number of hydrogen-bond acceptors (Lipinski definition) is 0. The molecule has 1 unspecified atom stereocenters. The van der Waals surface area contributed by atoms with E-state index in [1.807, 2.05) is 0 Å². The molecule has 0 saturated heterocycles. The maximum absolute atomic E-state index is 2.30. The molecule has 0 aliphatic heterocycles. The van der Waals surface area contributed by atoms with E-state index >= 15 is 0 Å². The van der Waals surface area contributed by atoms with Crippen LogP contribution in [0.4, 0.5) is 0 Å². The molecule has 0 aromatic heterocycles. The van der Waals surface area contributed by atoms with Crippen LogP contribution in [0.3, 0.4) is 0 Å². The maximum Gasteiger partial charge on any atom is -1.00 e. The summed E-state index contributed by atoms with van der Waals surface area (Å²) < 4.78 is 1.55. The van der Waals surface area contributed by atoms with Gasteiger partial charge in [-0.3, -0.25) is 0 Å². The molecule has 0 bridgehead atoms. The Morgan fingerprint density at radius 1 is 1.45 bits per heavy atom. The average molecular weight is 226 g/mol. The molecule has 0 saturated carbocycles. The van der Waals surface area contributed by atoms with E-state index in [0.717, 1.165) is 5.92 Å². The molecule has 0 spiro atoms. The van der Waals surface area contributed by atoms with Crippen LogP contribution in [-0.2, 0) is 20.4 Å². The second-order valence-corrected chi connectivity index (χ2v) is 3.31. The quantitative estimate of drug-likeness (QED) is 0.405. The molecule has 0 nitrogen and oxygen atoms in total. The number of halogens is 2. The summed E-state index contributed by atoms with van der Waals surface area (Å²) in [5, 5.41) is 0. The van der Waals surface area contributed by atoms with Gasteiger partial charge in [-0.15, -0.1) is 0 Å². The van der Waals surface area contributed by atoms with Crippen LogP contribution < -0.4 is 24.8 Å². The number of allylic oxidation sites excluding steroid dienone is 4. The zero-order chi connectivity index (χ0) is 6.85. The molecule has 0 amide bonds. The monoisotopic (exact) mass is 225 g/mol. The van der Waals surface area contributed by atoms with Crippen molar-refractivity contribution in [2.24, 2.45) is 5.92 Å². The standard InChI is InChI=1S/C8H11.2ClH.Ti/c1-3-8-5-4-7(2)6-8;;;/h4-5,8H,3H2,1-2H3;2*1H;/q;;;+2/p-2. The van der Waals surface area contributed by atoms with Gasteiger partial charge >= 0.3 is 68.2 Å². The zero-order valence-electron chi connectivity index (χ0n) is 6.70. The largest absolute Gasteiger partial charge is 1.00 e. The molecule has 11 heavy (non-hydrogen) atoms. The third-order valence-electron chi connectivity index (χ3n) is 1.81. The van der Waals surface area contributed by atoms with Crippen LogP contribution in [0.1, 0.15) is 20.3 Å². The van der Waals surface area contributed by atoms with E-state index in [9.17, 15) is 0 Å². The third-order valence-corrected chi connectivity index (χ3v) is 3.01. The molecule has 0 radical (unpaired) electrons. The summed E-state index contributed by atoms with van der Waals surface area (Å²) >= 11 is 2.23. The van der Waals surface area contributed by atoms with Gasteiger partial charge in [-0.25, -0.2) is 0 Å². The van der Waals surface area contributed by atoms with Gasteiger partial charge < -0.3 is 24.8 Å². The first-order valence-corrected chi connectivity index (χ1v) is 4.14. The van der Waals surface area contributed by atoms with Crippen LogP contribution in [0.25, 0.3) is 0 Å². The summed E-state index contributed by atoms with van der Waals surface area (Å²) in [6.07, 6.45) is 5.77. The Labute approximate surface area is 92.7 Å². The molecule has 0 aromatic rings. The first-order chi connectivity index (χ1) is 4.25. The Hall–Kier alpha value is 0.774. The number of hydrogen-bond donors (Lipinski definition) is 0. The summed E-state index contributed by atoms with van der Waals surface area (Å²) in [5.41, 5.74) is 1.46. The van der Waals surface area contributed by atoms with Gasteiger partial charge in [0.05, 0.1) is 0 Å². The van der Waals surface area contributed by atoms with E-state index in [-0.39, 0.29) is 24.8 Å². The van der Waals surface area contributed by atoms with Gasteiger partial charge in [0.1, 0.15) is 0 Å². The molecule has 61 valence electrons. The molecule has 1 atom stereocenters. The molecular weight excluding hydrogens is 215 g/mol. The van der Waals surface area contributed by atoms with Crippen molar-refractivity contribution in [1.82, 2.24) is 0 Å². The Kier molecular flexibility index (Phi) is 8.20. The molecular formula is C8H11Cl2Ti. The minimum atomic E-state index is 0. The van der Waals surface area contributed by atoms with Gasteiger partial charge in [0.15, 0.2) is 0 Å². The predicted molar refractivity (Wildman–Crippen MR) is 35.6 cm³/mol. The van der Waals surface area contributed by atoms with Crippen molar-refractivity contribution in [2.45, 2.75) is 20.3 Å². The molecule has 1 aliphatic carbocycles. The Balaban J connectivity index is 0. The van der Waals surface area contributed by atoms with Crippen molar-refractivity contribution in [1.29, 1.82) is 0 Å². The molecule has 3 heteroatoms. The van der Waals surface area contributed by atoms with E-state index in [1.165, 1.54) is 12.0 Å². The van der Waals surface area contributed by atoms with Gasteiger partial charge in [0.2, 0.25) is 0 Å².